The van der Waals surface area contributed by atoms with Gasteiger partial charge < -0.3 is 20.5 Å². The van der Waals surface area contributed by atoms with Gasteiger partial charge in [0.1, 0.15) is 5.60 Å². The zero-order valence-corrected chi connectivity index (χ0v) is 22.0. The maximum Gasteiger partial charge on any atom is 0.407 e. The number of anilines is 2. The quantitative estimate of drug-likeness (QED) is 0.286. The Balaban J connectivity index is 1.71. The van der Waals surface area contributed by atoms with E-state index in [1.165, 1.54) is 18.2 Å². The second-order valence-electron chi connectivity index (χ2n) is 9.41. The van der Waals surface area contributed by atoms with E-state index in [9.17, 15) is 23.1 Å². The van der Waals surface area contributed by atoms with E-state index in [-0.39, 0.29) is 10.5 Å². The van der Waals surface area contributed by atoms with Gasteiger partial charge in [0.15, 0.2) is 0 Å². The van der Waals surface area contributed by atoms with Gasteiger partial charge in [-0.15, -0.1) is 0 Å². The highest BCUT2D eigenvalue weighted by Gasteiger charge is 2.19. The first-order valence-electron chi connectivity index (χ1n) is 11.6. The zero-order chi connectivity index (χ0) is 27.2. The van der Waals surface area contributed by atoms with Crippen LogP contribution in [0, 0.1) is 6.92 Å². The molecular weight excluding hydrogens is 494 g/mol. The molecule has 0 spiro atoms. The normalized spacial score (nSPS) is 11.5. The molecule has 0 radical (unpaired) electrons. The van der Waals surface area contributed by atoms with Gasteiger partial charge in [0.05, 0.1) is 16.1 Å². The van der Waals surface area contributed by atoms with Crippen molar-refractivity contribution in [2.24, 2.45) is 0 Å². The number of carboxylic acids is 1. The van der Waals surface area contributed by atoms with Crippen LogP contribution in [0.4, 0.5) is 16.2 Å². The van der Waals surface area contributed by atoms with E-state index in [4.69, 9.17) is 4.74 Å². The van der Waals surface area contributed by atoms with Crippen LogP contribution >= 0.6 is 0 Å². The third kappa shape index (κ3) is 7.97. The molecule has 0 bridgehead atoms. The summed E-state index contributed by atoms with van der Waals surface area (Å²) < 4.78 is 34.3. The summed E-state index contributed by atoms with van der Waals surface area (Å²) in [7, 11) is -3.94. The summed E-state index contributed by atoms with van der Waals surface area (Å²) in [6.07, 6.45) is -0.511. The fraction of sp³-hybridized carbons (Fsp3) is 0.259. The molecule has 0 aliphatic rings. The van der Waals surface area contributed by atoms with Crippen LogP contribution in [0.3, 0.4) is 0 Å². The number of carboxylic acid groups (broad SMARTS) is 1. The number of carbonyl (C=O) groups excluding carboxylic acids is 1. The first-order valence-corrected chi connectivity index (χ1v) is 13.1. The van der Waals surface area contributed by atoms with Gasteiger partial charge in [-0.25, -0.2) is 18.0 Å². The number of hydrogen-bond acceptors (Lipinski definition) is 6. The second-order valence-corrected chi connectivity index (χ2v) is 11.1. The van der Waals surface area contributed by atoms with Gasteiger partial charge in [-0.1, -0.05) is 30.3 Å². The summed E-state index contributed by atoms with van der Waals surface area (Å²) in [5.41, 5.74) is 2.30. The Labute approximate surface area is 216 Å². The van der Waals surface area contributed by atoms with Crippen molar-refractivity contribution < 1.29 is 27.9 Å². The Morgan fingerprint density at radius 1 is 0.892 bits per heavy atom. The van der Waals surface area contributed by atoms with E-state index in [0.717, 1.165) is 0 Å². The Morgan fingerprint density at radius 2 is 1.57 bits per heavy atom. The molecule has 1 amide bonds. The molecule has 37 heavy (non-hydrogen) atoms. The van der Waals surface area contributed by atoms with Gasteiger partial charge in [0, 0.05) is 18.8 Å². The summed E-state index contributed by atoms with van der Waals surface area (Å²) in [6, 6.07) is 18.1. The van der Waals surface area contributed by atoms with Crippen LogP contribution < -0.4 is 15.4 Å². The van der Waals surface area contributed by atoms with Crippen LogP contribution in [-0.2, 0) is 14.8 Å². The highest BCUT2D eigenvalue weighted by Crippen LogP contribution is 2.28. The molecular formula is C27H31N3O6S. The van der Waals surface area contributed by atoms with Gasteiger partial charge in [-0.05, 0) is 80.8 Å². The molecule has 0 unspecified atom stereocenters. The van der Waals surface area contributed by atoms with Gasteiger partial charge in [-0.2, -0.15) is 0 Å². The molecule has 9 nitrogen and oxygen atoms in total. The number of ether oxygens (including phenoxy) is 1. The summed E-state index contributed by atoms with van der Waals surface area (Å²) in [5.74, 6) is -1.06. The number of carbonyl (C=O) groups is 2. The summed E-state index contributed by atoms with van der Waals surface area (Å²) in [4.78, 5) is 23.2. The summed E-state index contributed by atoms with van der Waals surface area (Å²) in [6.45, 7) is 7.78. The first-order chi connectivity index (χ1) is 17.3. The maximum absolute atomic E-state index is 13.3. The van der Waals surface area contributed by atoms with Crippen molar-refractivity contribution in [3.63, 3.8) is 0 Å². The van der Waals surface area contributed by atoms with E-state index in [1.54, 1.807) is 76.2 Å². The lowest BCUT2D eigenvalue weighted by atomic mass is 10.0. The first kappa shape index (κ1) is 27.5. The smallest absolute Gasteiger partial charge is 0.407 e. The lowest BCUT2D eigenvalue weighted by Gasteiger charge is -2.19. The number of rotatable bonds is 9. The third-order valence-electron chi connectivity index (χ3n) is 5.16. The Hall–Kier alpha value is -4.05. The van der Waals surface area contributed by atoms with Crippen LogP contribution in [0.1, 0.15) is 36.7 Å². The molecule has 10 heteroatoms. The van der Waals surface area contributed by atoms with E-state index < -0.39 is 27.7 Å². The van der Waals surface area contributed by atoms with Gasteiger partial charge in [-0.3, -0.25) is 4.72 Å². The minimum Gasteiger partial charge on any atom is -0.478 e. The lowest BCUT2D eigenvalue weighted by Crippen LogP contribution is -2.35. The molecule has 0 saturated carbocycles. The summed E-state index contributed by atoms with van der Waals surface area (Å²) in [5, 5.41) is 15.1. The Morgan fingerprint density at radius 3 is 2.27 bits per heavy atom. The highest BCUT2D eigenvalue weighted by atomic mass is 32.2. The molecule has 3 rings (SSSR count). The van der Waals surface area contributed by atoms with Crippen molar-refractivity contribution >= 4 is 33.5 Å². The Bertz CT molecular complexity index is 1400. The monoisotopic (exact) mass is 525 g/mol. The van der Waals surface area contributed by atoms with Crippen molar-refractivity contribution in [2.75, 3.05) is 23.1 Å². The molecule has 3 aromatic rings. The Kier molecular flexibility index (Phi) is 8.44. The van der Waals surface area contributed by atoms with Crippen molar-refractivity contribution in [3.8, 4) is 11.1 Å². The number of benzene rings is 3. The molecule has 0 aliphatic carbocycles. The van der Waals surface area contributed by atoms with Crippen molar-refractivity contribution in [2.45, 2.75) is 38.2 Å². The van der Waals surface area contributed by atoms with E-state index in [0.29, 0.717) is 41.2 Å². The average molecular weight is 526 g/mol. The molecule has 0 aliphatic heterocycles. The lowest BCUT2D eigenvalue weighted by molar-refractivity contribution is 0.0529. The predicted octanol–water partition coefficient (Wildman–Crippen LogP) is 5.10. The molecule has 3 aromatic carbocycles. The zero-order valence-electron chi connectivity index (χ0n) is 21.2. The number of hydrogen-bond donors (Lipinski definition) is 4. The summed E-state index contributed by atoms with van der Waals surface area (Å²) >= 11 is 0. The minimum absolute atomic E-state index is 0.0886. The van der Waals surface area contributed by atoms with Crippen molar-refractivity contribution in [1.82, 2.24) is 5.32 Å². The minimum atomic E-state index is -3.94. The number of aryl methyl sites for hydroxylation is 1. The van der Waals surface area contributed by atoms with Crippen LogP contribution in [0.25, 0.3) is 11.1 Å². The van der Waals surface area contributed by atoms with E-state index in [2.05, 4.69) is 15.4 Å². The van der Waals surface area contributed by atoms with E-state index >= 15 is 0 Å². The average Bonchev–Trinajstić information content (AvgIpc) is 2.81. The number of nitrogens with one attached hydrogen (secondary N) is 3. The van der Waals surface area contributed by atoms with Crippen LogP contribution in [0.15, 0.2) is 71.6 Å². The standard InChI is InChI=1S/C27H31N3O6S/c1-18-11-12-20(19-7-5-8-21(15-19)25(31)32)16-24(18)37(34,35)30-23-10-6-9-22(17-23)28-13-14-29-26(33)36-27(2,3)4/h5-12,15-17,28,30H,13-14H2,1-4H3,(H,29,33)(H,31,32). The van der Waals surface area contributed by atoms with Crippen LogP contribution in [0.2, 0.25) is 0 Å². The molecule has 0 fully saturated rings. The van der Waals surface area contributed by atoms with Gasteiger partial charge in [0.25, 0.3) is 10.0 Å². The number of amides is 1. The molecule has 4 N–H and O–H groups in total. The SMILES string of the molecule is Cc1ccc(-c2cccc(C(=O)O)c2)cc1S(=O)(=O)Nc1cccc(NCCNC(=O)OC(C)(C)C)c1. The fourth-order valence-electron chi connectivity index (χ4n) is 3.49. The largest absolute Gasteiger partial charge is 0.478 e. The van der Waals surface area contributed by atoms with Crippen molar-refractivity contribution in [1.29, 1.82) is 0 Å². The van der Waals surface area contributed by atoms with Crippen LogP contribution in [-0.4, -0.2) is 44.3 Å². The van der Waals surface area contributed by atoms with Crippen molar-refractivity contribution in [3.05, 3.63) is 77.9 Å². The molecule has 0 saturated heterocycles. The molecule has 0 heterocycles. The fourth-order valence-corrected chi connectivity index (χ4v) is 4.81. The van der Waals surface area contributed by atoms with Gasteiger partial charge in [0.2, 0.25) is 0 Å². The molecule has 0 aromatic heterocycles. The number of aromatic carboxylic acids is 1. The maximum atomic E-state index is 13.3. The van der Waals surface area contributed by atoms with Crippen LogP contribution in [0.5, 0.6) is 0 Å². The number of sulfonamides is 1. The second kappa shape index (κ2) is 11.3. The third-order valence-corrected chi connectivity index (χ3v) is 6.68. The number of alkyl carbamates (subject to hydrolysis) is 1. The highest BCUT2D eigenvalue weighted by molar-refractivity contribution is 7.92. The van der Waals surface area contributed by atoms with Gasteiger partial charge >= 0.3 is 12.1 Å². The predicted molar refractivity (Wildman–Crippen MR) is 144 cm³/mol. The topological polar surface area (TPSA) is 134 Å². The molecule has 0 atom stereocenters. The molecule has 196 valence electrons. The van der Waals surface area contributed by atoms with E-state index in [1.807, 2.05) is 0 Å².